The van der Waals surface area contributed by atoms with E-state index in [4.69, 9.17) is 0 Å². The second-order valence-corrected chi connectivity index (χ2v) is 9.84. The molecule has 3 rings (SSSR count). The number of nitrogens with zero attached hydrogens (tertiary/aromatic N) is 2. The number of para-hydroxylation sites is 2. The Bertz CT molecular complexity index is 696. The molecule has 0 unspecified atom stereocenters. The molecule has 1 aromatic heterocycles. The Hall–Kier alpha value is -0.960. The molecule has 1 fully saturated rings. The molecule has 0 radical (unpaired) electrons. The molecule has 0 saturated carbocycles. The van der Waals surface area contributed by atoms with Crippen molar-refractivity contribution in [3.8, 4) is 0 Å². The van der Waals surface area contributed by atoms with Gasteiger partial charge in [-0.25, -0.2) is 8.78 Å². The Morgan fingerprint density at radius 3 is 2.48 bits per heavy atom. The second kappa shape index (κ2) is 8.16. The number of anilines is 2. The number of halogens is 2. The highest BCUT2D eigenvalue weighted by Crippen LogP contribution is 2.38. The molecule has 1 aliphatic heterocycles. The predicted octanol–water partition coefficient (Wildman–Crippen LogP) is 5.67. The van der Waals surface area contributed by atoms with Crippen LogP contribution in [0.3, 0.4) is 0 Å². The molecule has 0 atom stereocenters. The summed E-state index contributed by atoms with van der Waals surface area (Å²) < 4.78 is 34.7. The zero-order chi connectivity index (χ0) is 17.9. The third kappa shape index (κ3) is 5.26. The first-order valence-corrected chi connectivity index (χ1v) is 10.4. The average molecular weight is 402 g/mol. The van der Waals surface area contributed by atoms with Gasteiger partial charge in [0.15, 0.2) is 0 Å². The second-order valence-electron chi connectivity index (χ2n) is 6.04. The molecule has 1 saturated heterocycles. The summed E-state index contributed by atoms with van der Waals surface area (Å²) in [6.45, 7) is 0.776. The molecule has 1 aliphatic rings. The molecule has 1 N–H and O–H groups in total. The maximum absolute atomic E-state index is 13.4. The van der Waals surface area contributed by atoms with Gasteiger partial charge in [-0.15, -0.1) is 11.3 Å². The fourth-order valence-corrected chi connectivity index (χ4v) is 5.67. The van der Waals surface area contributed by atoms with Gasteiger partial charge in [0.2, 0.25) is 0 Å². The smallest absolute Gasteiger partial charge is 0.251 e. The fourth-order valence-electron chi connectivity index (χ4n) is 2.60. The summed E-state index contributed by atoms with van der Waals surface area (Å²) in [6, 6.07) is 12.1. The lowest BCUT2D eigenvalue weighted by Gasteiger charge is -2.34. The SMILES string of the molecule is CN(C)Sc1ccc(SNc2ccccc2N2CCC(F)(F)CC2)s1. The van der Waals surface area contributed by atoms with Crippen molar-refractivity contribution in [2.45, 2.75) is 27.2 Å². The summed E-state index contributed by atoms with van der Waals surface area (Å²) in [6.07, 6.45) is -0.158. The van der Waals surface area contributed by atoms with Gasteiger partial charge in [0.1, 0.15) is 0 Å². The van der Waals surface area contributed by atoms with Crippen LogP contribution >= 0.6 is 35.2 Å². The summed E-state index contributed by atoms with van der Waals surface area (Å²) in [5.41, 5.74) is 1.96. The van der Waals surface area contributed by atoms with Crippen molar-refractivity contribution < 1.29 is 8.78 Å². The van der Waals surface area contributed by atoms with Crippen LogP contribution in [-0.4, -0.2) is 37.4 Å². The van der Waals surface area contributed by atoms with Crippen molar-refractivity contribution in [1.29, 1.82) is 0 Å². The largest absolute Gasteiger partial charge is 0.369 e. The third-order valence-electron chi connectivity index (χ3n) is 3.83. The van der Waals surface area contributed by atoms with Crippen molar-refractivity contribution in [3.63, 3.8) is 0 Å². The highest BCUT2D eigenvalue weighted by molar-refractivity contribution is 8.03. The summed E-state index contributed by atoms with van der Waals surface area (Å²) in [5, 5.41) is 0. The molecule has 2 heterocycles. The zero-order valence-corrected chi connectivity index (χ0v) is 16.6. The van der Waals surface area contributed by atoms with E-state index in [0.717, 1.165) is 11.4 Å². The minimum absolute atomic E-state index is 0.0788. The van der Waals surface area contributed by atoms with Crippen molar-refractivity contribution in [3.05, 3.63) is 36.4 Å². The summed E-state index contributed by atoms with van der Waals surface area (Å²) in [7, 11) is 4.04. The van der Waals surface area contributed by atoms with Crippen LogP contribution in [0.25, 0.3) is 0 Å². The van der Waals surface area contributed by atoms with Crippen molar-refractivity contribution in [2.24, 2.45) is 0 Å². The molecule has 136 valence electrons. The highest BCUT2D eigenvalue weighted by Gasteiger charge is 2.34. The first-order valence-electron chi connectivity index (χ1n) is 8.03. The van der Waals surface area contributed by atoms with Crippen molar-refractivity contribution in [1.82, 2.24) is 4.31 Å². The van der Waals surface area contributed by atoms with Crippen LogP contribution in [0.4, 0.5) is 20.2 Å². The van der Waals surface area contributed by atoms with Gasteiger partial charge in [-0.2, -0.15) is 0 Å². The minimum atomic E-state index is -2.52. The van der Waals surface area contributed by atoms with Gasteiger partial charge >= 0.3 is 0 Å². The molecule has 0 spiro atoms. The van der Waals surface area contributed by atoms with Crippen molar-refractivity contribution in [2.75, 3.05) is 36.8 Å². The van der Waals surface area contributed by atoms with E-state index in [0.29, 0.717) is 13.1 Å². The Kier molecular flexibility index (Phi) is 6.14. The van der Waals surface area contributed by atoms with E-state index in [1.165, 1.54) is 8.42 Å². The Morgan fingerprint density at radius 1 is 1.08 bits per heavy atom. The van der Waals surface area contributed by atoms with Crippen LogP contribution in [0.2, 0.25) is 0 Å². The molecule has 2 aromatic rings. The average Bonchev–Trinajstić information content (AvgIpc) is 3.00. The van der Waals surface area contributed by atoms with Gasteiger partial charge in [-0.3, -0.25) is 4.31 Å². The van der Waals surface area contributed by atoms with Gasteiger partial charge in [0.25, 0.3) is 5.92 Å². The number of benzene rings is 1. The van der Waals surface area contributed by atoms with E-state index in [9.17, 15) is 8.78 Å². The number of nitrogens with one attached hydrogen (secondary N) is 1. The summed E-state index contributed by atoms with van der Waals surface area (Å²) in [5.74, 6) is -2.52. The fraction of sp³-hybridized carbons (Fsp3) is 0.412. The monoisotopic (exact) mass is 401 g/mol. The van der Waals surface area contributed by atoms with E-state index in [1.807, 2.05) is 43.3 Å². The molecule has 0 aliphatic carbocycles. The standard InChI is InChI=1S/C17H21F2N3S3/c1-21(2)25-16-8-7-15(23-16)24-20-13-5-3-4-6-14(13)22-11-9-17(18,19)10-12-22/h3-8,20H,9-12H2,1-2H3. The lowest BCUT2D eigenvalue weighted by molar-refractivity contribution is -0.0220. The number of hydrogen-bond donors (Lipinski definition) is 1. The van der Waals surface area contributed by atoms with E-state index in [2.05, 4.69) is 21.2 Å². The van der Waals surface area contributed by atoms with Gasteiger partial charge in [0, 0.05) is 25.9 Å². The normalized spacial score (nSPS) is 17.1. The van der Waals surface area contributed by atoms with E-state index < -0.39 is 5.92 Å². The van der Waals surface area contributed by atoms with Crippen LogP contribution in [0.5, 0.6) is 0 Å². The van der Waals surface area contributed by atoms with Gasteiger partial charge in [-0.1, -0.05) is 12.1 Å². The predicted molar refractivity (Wildman–Crippen MR) is 106 cm³/mol. The lowest BCUT2D eigenvalue weighted by Crippen LogP contribution is -2.39. The van der Waals surface area contributed by atoms with Crippen LogP contribution in [-0.2, 0) is 0 Å². The molecule has 3 nitrogen and oxygen atoms in total. The van der Waals surface area contributed by atoms with Gasteiger partial charge in [0.05, 0.1) is 19.8 Å². The zero-order valence-electron chi connectivity index (χ0n) is 14.2. The summed E-state index contributed by atoms with van der Waals surface area (Å²) >= 11 is 4.99. The highest BCUT2D eigenvalue weighted by atomic mass is 32.2. The van der Waals surface area contributed by atoms with Crippen LogP contribution < -0.4 is 9.62 Å². The molecule has 25 heavy (non-hydrogen) atoms. The van der Waals surface area contributed by atoms with Crippen LogP contribution in [0.1, 0.15) is 12.8 Å². The summed E-state index contributed by atoms with van der Waals surface area (Å²) in [4.78, 5) is 2.04. The molecular formula is C17H21F2N3S3. The van der Waals surface area contributed by atoms with Gasteiger partial charge in [-0.05, 0) is 62.3 Å². The number of thiophene rings is 1. The topological polar surface area (TPSA) is 18.5 Å². The first-order chi connectivity index (χ1) is 11.9. The van der Waals surface area contributed by atoms with E-state index in [1.54, 1.807) is 35.2 Å². The lowest BCUT2D eigenvalue weighted by atomic mass is 10.1. The quantitative estimate of drug-likeness (QED) is 0.627. The Balaban J connectivity index is 1.64. The molecule has 8 heteroatoms. The Labute approximate surface area is 160 Å². The molecule has 0 bridgehead atoms. The van der Waals surface area contributed by atoms with Crippen LogP contribution in [0, 0.1) is 0 Å². The molecular weight excluding hydrogens is 380 g/mol. The van der Waals surface area contributed by atoms with Gasteiger partial charge < -0.3 is 9.62 Å². The van der Waals surface area contributed by atoms with E-state index in [-0.39, 0.29) is 12.8 Å². The maximum atomic E-state index is 13.4. The number of piperidine rings is 1. The minimum Gasteiger partial charge on any atom is -0.369 e. The number of rotatable bonds is 6. The van der Waals surface area contributed by atoms with E-state index >= 15 is 0 Å². The van der Waals surface area contributed by atoms with Crippen molar-refractivity contribution >= 4 is 46.6 Å². The molecule has 0 amide bonds. The number of alkyl halides is 2. The Morgan fingerprint density at radius 2 is 1.76 bits per heavy atom. The third-order valence-corrected chi connectivity index (χ3v) is 6.82. The van der Waals surface area contributed by atoms with Crippen LogP contribution in [0.15, 0.2) is 44.8 Å². The number of hydrogen-bond acceptors (Lipinski definition) is 6. The first kappa shape index (κ1) is 18.8. The molecule has 1 aromatic carbocycles. The maximum Gasteiger partial charge on any atom is 0.251 e.